The number of amides is 5. The number of nitrogens with two attached hydrogens (primary N) is 1. The van der Waals surface area contributed by atoms with E-state index in [-0.39, 0.29) is 61.6 Å². The molecule has 4 aliphatic rings. The fraction of sp³-hybridized carbons (Fsp3) is 0.559. The van der Waals surface area contributed by atoms with Gasteiger partial charge < -0.3 is 35.6 Å². The van der Waals surface area contributed by atoms with Crippen LogP contribution < -0.4 is 21.7 Å². The third kappa shape index (κ3) is 8.67. The molecule has 1 aromatic rings. The Labute approximate surface area is 281 Å². The molecule has 2 saturated heterocycles. The average molecular weight is 666 g/mol. The molecule has 0 radical (unpaired) electrons. The molecular formula is C34H47N7O7. The molecule has 5 N–H and O–H groups in total. The van der Waals surface area contributed by atoms with E-state index < -0.39 is 11.9 Å². The van der Waals surface area contributed by atoms with Crippen molar-refractivity contribution in [2.24, 2.45) is 5.73 Å². The summed E-state index contributed by atoms with van der Waals surface area (Å²) in [7, 11) is 1.57. The van der Waals surface area contributed by atoms with Crippen molar-refractivity contribution in [2.75, 3.05) is 64.9 Å². The number of imide groups is 1. The number of ether oxygens (including phenoxy) is 2. The van der Waals surface area contributed by atoms with Crippen LogP contribution in [-0.2, 0) is 35.2 Å². The zero-order chi connectivity index (χ0) is 34.2. The summed E-state index contributed by atoms with van der Waals surface area (Å²) in [6, 6.07) is 4.36. The van der Waals surface area contributed by atoms with Crippen molar-refractivity contribution in [1.82, 2.24) is 25.3 Å². The van der Waals surface area contributed by atoms with Crippen molar-refractivity contribution in [2.45, 2.75) is 63.7 Å². The molecule has 3 aliphatic heterocycles. The SMILES string of the molecule is CCN(CCOCCN1CCC(NC(=O)C2=CCC(N)C(OC)=C2)CC1)CC(=O)Nc1cccc2c1CN(C1CCC(=O)NC1=O)C2=O. The lowest BCUT2D eigenvalue weighted by Crippen LogP contribution is -2.52. The number of likely N-dealkylation sites (tertiary alicyclic amines) is 1. The minimum atomic E-state index is -0.714. The predicted octanol–water partition coefficient (Wildman–Crippen LogP) is 0.493. The highest BCUT2D eigenvalue weighted by atomic mass is 16.5. The molecule has 0 saturated carbocycles. The molecule has 14 heteroatoms. The quantitative estimate of drug-likeness (QED) is 0.162. The molecule has 1 aromatic carbocycles. The summed E-state index contributed by atoms with van der Waals surface area (Å²) in [5, 5.41) is 8.40. The monoisotopic (exact) mass is 665 g/mol. The Kier molecular flexibility index (Phi) is 12.0. The van der Waals surface area contributed by atoms with Crippen LogP contribution in [0.4, 0.5) is 5.69 Å². The van der Waals surface area contributed by atoms with Crippen molar-refractivity contribution in [1.29, 1.82) is 0 Å². The Morgan fingerprint density at radius 2 is 1.92 bits per heavy atom. The second-order valence-electron chi connectivity index (χ2n) is 12.6. The molecule has 0 aromatic heterocycles. The normalized spacial score (nSPS) is 21.8. The van der Waals surface area contributed by atoms with E-state index in [1.54, 1.807) is 31.4 Å². The van der Waals surface area contributed by atoms with E-state index in [1.807, 2.05) is 17.9 Å². The maximum absolute atomic E-state index is 13.1. The van der Waals surface area contributed by atoms with Gasteiger partial charge >= 0.3 is 0 Å². The van der Waals surface area contributed by atoms with Crippen molar-refractivity contribution in [3.8, 4) is 0 Å². The van der Waals surface area contributed by atoms with Crippen LogP contribution in [0.25, 0.3) is 0 Å². The van der Waals surface area contributed by atoms with Gasteiger partial charge in [-0.1, -0.05) is 19.1 Å². The maximum atomic E-state index is 13.1. The van der Waals surface area contributed by atoms with Gasteiger partial charge in [0, 0.05) is 67.6 Å². The molecule has 2 unspecified atom stereocenters. The topological polar surface area (TPSA) is 176 Å². The number of carbonyl (C=O) groups is 5. The van der Waals surface area contributed by atoms with Gasteiger partial charge in [-0.15, -0.1) is 0 Å². The minimum Gasteiger partial charge on any atom is -0.499 e. The van der Waals surface area contributed by atoms with Crippen molar-refractivity contribution >= 4 is 35.2 Å². The first-order valence-electron chi connectivity index (χ1n) is 16.8. The van der Waals surface area contributed by atoms with E-state index in [2.05, 4.69) is 20.9 Å². The van der Waals surface area contributed by atoms with Gasteiger partial charge in [0.05, 0.1) is 32.9 Å². The Morgan fingerprint density at radius 3 is 2.65 bits per heavy atom. The molecule has 0 bridgehead atoms. The largest absolute Gasteiger partial charge is 0.499 e. The molecule has 5 rings (SSSR count). The van der Waals surface area contributed by atoms with Gasteiger partial charge in [0.1, 0.15) is 11.8 Å². The predicted molar refractivity (Wildman–Crippen MR) is 177 cm³/mol. The third-order valence-electron chi connectivity index (χ3n) is 9.45. The van der Waals surface area contributed by atoms with Gasteiger partial charge in [-0.05, 0) is 50.4 Å². The second kappa shape index (κ2) is 16.3. The first-order chi connectivity index (χ1) is 23.2. The van der Waals surface area contributed by atoms with Crippen LogP contribution in [0.1, 0.15) is 54.9 Å². The Balaban J connectivity index is 0.987. The van der Waals surface area contributed by atoms with Crippen LogP contribution in [0, 0.1) is 0 Å². The zero-order valence-corrected chi connectivity index (χ0v) is 27.8. The Hall–Kier alpha value is -4.11. The van der Waals surface area contributed by atoms with Crippen LogP contribution >= 0.6 is 0 Å². The van der Waals surface area contributed by atoms with Gasteiger partial charge in [-0.25, -0.2) is 0 Å². The summed E-state index contributed by atoms with van der Waals surface area (Å²) in [6.45, 7) is 7.20. The van der Waals surface area contributed by atoms with Gasteiger partial charge in [0.25, 0.3) is 11.8 Å². The van der Waals surface area contributed by atoms with Crippen molar-refractivity contribution in [3.63, 3.8) is 0 Å². The number of methoxy groups -OCH3 is 1. The van der Waals surface area contributed by atoms with Crippen LogP contribution in [0.5, 0.6) is 0 Å². The van der Waals surface area contributed by atoms with Crippen LogP contribution in [0.3, 0.4) is 0 Å². The highest BCUT2D eigenvalue weighted by Crippen LogP contribution is 2.32. The number of carbonyl (C=O) groups excluding carboxylic acids is 5. The van der Waals surface area contributed by atoms with Crippen molar-refractivity contribution < 1.29 is 33.4 Å². The first-order valence-corrected chi connectivity index (χ1v) is 16.8. The van der Waals surface area contributed by atoms with E-state index in [4.69, 9.17) is 15.2 Å². The third-order valence-corrected chi connectivity index (χ3v) is 9.45. The molecule has 2 atom stereocenters. The van der Waals surface area contributed by atoms with E-state index in [9.17, 15) is 24.0 Å². The Bertz CT molecular complexity index is 1450. The number of piperidine rings is 2. The lowest BCUT2D eigenvalue weighted by molar-refractivity contribution is -0.137. The summed E-state index contributed by atoms with van der Waals surface area (Å²) < 4.78 is 11.2. The molecule has 3 heterocycles. The molecule has 5 amide bonds. The molecule has 0 spiro atoms. The number of anilines is 1. The summed E-state index contributed by atoms with van der Waals surface area (Å²) in [6.07, 6.45) is 6.36. The average Bonchev–Trinajstić information content (AvgIpc) is 3.41. The fourth-order valence-corrected chi connectivity index (χ4v) is 6.56. The molecular weight excluding hydrogens is 618 g/mol. The molecule has 1 aliphatic carbocycles. The number of nitrogens with zero attached hydrogens (tertiary/aromatic N) is 3. The van der Waals surface area contributed by atoms with Gasteiger partial charge in [0.2, 0.25) is 17.7 Å². The van der Waals surface area contributed by atoms with Gasteiger partial charge in [-0.3, -0.25) is 34.2 Å². The maximum Gasteiger partial charge on any atom is 0.255 e. The van der Waals surface area contributed by atoms with Crippen molar-refractivity contribution in [3.05, 3.63) is 52.8 Å². The Morgan fingerprint density at radius 1 is 1.12 bits per heavy atom. The fourth-order valence-electron chi connectivity index (χ4n) is 6.56. The first kappa shape index (κ1) is 35.2. The number of hydrogen-bond donors (Lipinski definition) is 4. The van der Waals surface area contributed by atoms with Gasteiger partial charge in [0.15, 0.2) is 0 Å². The minimum absolute atomic E-state index is 0.0911. The number of rotatable bonds is 14. The second-order valence-corrected chi connectivity index (χ2v) is 12.6. The molecule has 260 valence electrons. The number of nitrogens with one attached hydrogen (secondary N) is 3. The van der Waals surface area contributed by atoms with Crippen LogP contribution in [0.15, 0.2) is 41.7 Å². The standard InChI is InChI=1S/C34H47N7O7/c1-3-39(15-17-48-18-16-40-13-11-23(12-14-40)36-32(44)22-7-8-26(35)29(19-22)47-2)21-31(43)37-27-6-4-5-24-25(27)20-41(34(24)46)28-9-10-30(42)38-33(28)45/h4-7,19,23,26,28H,3,8-18,20-21,35H2,1-2H3,(H,36,44)(H,37,43)(H,38,42,45). The summed E-state index contributed by atoms with van der Waals surface area (Å²) in [4.78, 5) is 68.6. The molecule has 14 nitrogen and oxygen atoms in total. The number of likely N-dealkylation sites (N-methyl/N-ethyl adjacent to an activating group) is 1. The van der Waals surface area contributed by atoms with Crippen LogP contribution in [0.2, 0.25) is 0 Å². The number of fused-ring (bicyclic) bond motifs is 1. The number of hydrogen-bond acceptors (Lipinski definition) is 10. The highest BCUT2D eigenvalue weighted by molar-refractivity contribution is 6.07. The van der Waals surface area contributed by atoms with E-state index in [0.717, 1.165) is 32.5 Å². The van der Waals surface area contributed by atoms with Gasteiger partial charge in [-0.2, -0.15) is 0 Å². The summed E-state index contributed by atoms with van der Waals surface area (Å²) in [5.41, 5.74) is 8.26. The molecule has 48 heavy (non-hydrogen) atoms. The summed E-state index contributed by atoms with van der Waals surface area (Å²) in [5.74, 6) is -0.756. The smallest absolute Gasteiger partial charge is 0.255 e. The summed E-state index contributed by atoms with van der Waals surface area (Å²) >= 11 is 0. The lowest BCUT2D eigenvalue weighted by atomic mass is 9.99. The van der Waals surface area contributed by atoms with E-state index in [1.165, 1.54) is 4.90 Å². The van der Waals surface area contributed by atoms with E-state index >= 15 is 0 Å². The highest BCUT2D eigenvalue weighted by Gasteiger charge is 2.40. The number of benzene rings is 1. The molecule has 2 fully saturated rings. The lowest BCUT2D eigenvalue weighted by Gasteiger charge is -2.32. The van der Waals surface area contributed by atoms with Crippen LogP contribution in [-0.4, -0.2) is 122 Å². The zero-order valence-electron chi connectivity index (χ0n) is 27.8. The van der Waals surface area contributed by atoms with E-state index in [0.29, 0.717) is 60.9 Å².